The van der Waals surface area contributed by atoms with Crippen LogP contribution in [0.1, 0.15) is 46.2 Å². The first-order valence-corrected chi connectivity index (χ1v) is 9.56. The number of aromatic carboxylic acids is 2. The summed E-state index contributed by atoms with van der Waals surface area (Å²) in [7, 11) is 1.42. The molecule has 154 valence electrons. The summed E-state index contributed by atoms with van der Waals surface area (Å²) in [5.41, 5.74) is 3.40. The van der Waals surface area contributed by atoms with Gasteiger partial charge >= 0.3 is 11.9 Å². The maximum absolute atomic E-state index is 11.6. The lowest BCUT2D eigenvalue weighted by Gasteiger charge is -2.13. The normalized spacial score (nSPS) is 10.6. The molecule has 0 atom stereocenters. The molecule has 0 unspecified atom stereocenters. The molecule has 7 nitrogen and oxygen atoms in total. The lowest BCUT2D eigenvalue weighted by molar-refractivity contribution is 0.0684. The monoisotopic (exact) mass is 406 g/mol. The Balaban J connectivity index is 2.15. The summed E-state index contributed by atoms with van der Waals surface area (Å²) >= 11 is 0. The van der Waals surface area contributed by atoms with E-state index in [1.165, 1.54) is 25.3 Å². The molecular formula is C23H22N2O5. The van der Waals surface area contributed by atoms with Crippen LogP contribution in [0.5, 0.6) is 5.75 Å². The van der Waals surface area contributed by atoms with Crippen molar-refractivity contribution in [3.8, 4) is 28.3 Å². The van der Waals surface area contributed by atoms with Crippen LogP contribution in [-0.2, 0) is 6.42 Å². The molecule has 0 fully saturated rings. The first-order chi connectivity index (χ1) is 14.4. The minimum absolute atomic E-state index is 0.0269. The Kier molecular flexibility index (Phi) is 6.41. The Morgan fingerprint density at radius 2 is 1.67 bits per heavy atom. The maximum Gasteiger partial charge on any atom is 0.339 e. The van der Waals surface area contributed by atoms with Crippen LogP contribution in [0.4, 0.5) is 0 Å². The van der Waals surface area contributed by atoms with Gasteiger partial charge in [-0.25, -0.2) is 14.6 Å². The van der Waals surface area contributed by atoms with Crippen LogP contribution < -0.4 is 4.74 Å². The molecule has 0 saturated carbocycles. The van der Waals surface area contributed by atoms with Gasteiger partial charge in [0, 0.05) is 17.3 Å². The quantitative estimate of drug-likeness (QED) is 0.564. The highest BCUT2D eigenvalue weighted by Gasteiger charge is 2.17. The molecule has 3 rings (SSSR count). The lowest BCUT2D eigenvalue weighted by Crippen LogP contribution is -2.03. The summed E-state index contributed by atoms with van der Waals surface area (Å²) in [6, 6.07) is 11.2. The second kappa shape index (κ2) is 9.17. The van der Waals surface area contributed by atoms with Crippen molar-refractivity contribution in [2.75, 3.05) is 7.11 Å². The third-order valence-corrected chi connectivity index (χ3v) is 4.72. The van der Waals surface area contributed by atoms with E-state index >= 15 is 0 Å². The lowest BCUT2D eigenvalue weighted by atomic mass is 10.0. The smallest absolute Gasteiger partial charge is 0.339 e. The van der Waals surface area contributed by atoms with Gasteiger partial charge in [-0.15, -0.1) is 0 Å². The number of benzene rings is 2. The molecule has 2 aromatic carbocycles. The van der Waals surface area contributed by atoms with Crippen LogP contribution in [0.25, 0.3) is 22.5 Å². The van der Waals surface area contributed by atoms with Crippen LogP contribution in [-0.4, -0.2) is 39.2 Å². The van der Waals surface area contributed by atoms with Crippen LogP contribution in [0.15, 0.2) is 48.7 Å². The number of aromatic nitrogens is 2. The second-order valence-corrected chi connectivity index (χ2v) is 6.76. The van der Waals surface area contributed by atoms with E-state index in [4.69, 9.17) is 14.8 Å². The van der Waals surface area contributed by atoms with Gasteiger partial charge in [0.05, 0.1) is 29.8 Å². The zero-order valence-corrected chi connectivity index (χ0v) is 16.8. The summed E-state index contributed by atoms with van der Waals surface area (Å²) in [5.74, 6) is -1.86. The first kappa shape index (κ1) is 21.0. The Bertz CT molecular complexity index is 1080. The Labute approximate surface area is 174 Å². The highest BCUT2D eigenvalue weighted by molar-refractivity contribution is 5.93. The molecule has 1 aromatic heterocycles. The molecule has 0 saturated heterocycles. The van der Waals surface area contributed by atoms with E-state index in [0.29, 0.717) is 22.5 Å². The minimum Gasteiger partial charge on any atom is -0.496 e. The zero-order chi connectivity index (χ0) is 21.7. The molecule has 0 aliphatic rings. The number of unbranched alkanes of at least 4 members (excludes halogenated alkanes) is 1. The first-order valence-electron chi connectivity index (χ1n) is 9.56. The summed E-state index contributed by atoms with van der Waals surface area (Å²) < 4.78 is 5.14. The number of carboxylic acid groups (broad SMARTS) is 2. The van der Waals surface area contributed by atoms with E-state index in [9.17, 15) is 14.7 Å². The van der Waals surface area contributed by atoms with Gasteiger partial charge < -0.3 is 14.9 Å². The summed E-state index contributed by atoms with van der Waals surface area (Å²) in [6.45, 7) is 2.10. The molecule has 2 N–H and O–H groups in total. The predicted molar refractivity (Wildman–Crippen MR) is 112 cm³/mol. The van der Waals surface area contributed by atoms with Crippen molar-refractivity contribution in [1.82, 2.24) is 9.97 Å². The highest BCUT2D eigenvalue weighted by Crippen LogP contribution is 2.32. The van der Waals surface area contributed by atoms with E-state index in [-0.39, 0.29) is 16.9 Å². The molecule has 0 amide bonds. The average molecular weight is 406 g/mol. The molecule has 30 heavy (non-hydrogen) atoms. The van der Waals surface area contributed by atoms with Crippen molar-refractivity contribution in [2.45, 2.75) is 26.2 Å². The van der Waals surface area contributed by atoms with E-state index in [0.717, 1.165) is 25.0 Å². The Morgan fingerprint density at radius 1 is 0.967 bits per heavy atom. The van der Waals surface area contributed by atoms with Gasteiger partial charge in [-0.1, -0.05) is 25.5 Å². The number of hydrogen-bond donors (Lipinski definition) is 2. The van der Waals surface area contributed by atoms with E-state index < -0.39 is 11.9 Å². The highest BCUT2D eigenvalue weighted by atomic mass is 16.5. The number of nitrogens with zero attached hydrogens (tertiary/aromatic N) is 2. The van der Waals surface area contributed by atoms with Crippen molar-refractivity contribution < 1.29 is 24.5 Å². The SMILES string of the molecule is CCCCc1cnc(-c2ccc(OC)c(C(=O)O)c2)c(-c2ccc(C(=O)O)cc2)n1. The van der Waals surface area contributed by atoms with Crippen molar-refractivity contribution >= 4 is 11.9 Å². The average Bonchev–Trinajstić information content (AvgIpc) is 2.77. The summed E-state index contributed by atoms with van der Waals surface area (Å²) in [5, 5.41) is 18.7. The van der Waals surface area contributed by atoms with Gasteiger partial charge in [0.2, 0.25) is 0 Å². The number of carbonyl (C=O) groups is 2. The standard InChI is InChI=1S/C23H22N2O5/c1-3-4-5-17-13-24-20(16-10-11-19(30-2)18(12-16)23(28)29)21(25-17)14-6-8-15(9-7-14)22(26)27/h6-13H,3-5H2,1-2H3,(H,26,27)(H,28,29). The molecule has 3 aromatic rings. The third kappa shape index (κ3) is 4.46. The molecule has 1 heterocycles. The van der Waals surface area contributed by atoms with Crippen LogP contribution in [0.2, 0.25) is 0 Å². The molecule has 7 heteroatoms. The number of ether oxygens (including phenoxy) is 1. The fraction of sp³-hybridized carbons (Fsp3) is 0.217. The van der Waals surface area contributed by atoms with Crippen molar-refractivity contribution in [3.05, 3.63) is 65.5 Å². The maximum atomic E-state index is 11.6. The molecule has 0 spiro atoms. The van der Waals surface area contributed by atoms with Gasteiger partial charge in [-0.2, -0.15) is 0 Å². The van der Waals surface area contributed by atoms with Gasteiger partial charge in [-0.05, 0) is 43.2 Å². The fourth-order valence-corrected chi connectivity index (χ4v) is 3.11. The van der Waals surface area contributed by atoms with Gasteiger partial charge in [0.15, 0.2) is 0 Å². The molecule has 0 aliphatic carbocycles. The predicted octanol–water partition coefficient (Wildman–Crippen LogP) is 4.56. The van der Waals surface area contributed by atoms with E-state index in [2.05, 4.69) is 11.9 Å². The van der Waals surface area contributed by atoms with Gasteiger partial charge in [0.25, 0.3) is 0 Å². The van der Waals surface area contributed by atoms with Crippen LogP contribution in [0, 0.1) is 0 Å². The summed E-state index contributed by atoms with van der Waals surface area (Å²) in [6.07, 6.45) is 4.46. The number of rotatable bonds is 8. The molecule has 0 bridgehead atoms. The Hall–Kier alpha value is -3.74. The number of carboxylic acids is 2. The van der Waals surface area contributed by atoms with Crippen molar-refractivity contribution in [3.63, 3.8) is 0 Å². The zero-order valence-electron chi connectivity index (χ0n) is 16.8. The van der Waals surface area contributed by atoms with Gasteiger partial charge in [0.1, 0.15) is 11.3 Å². The Morgan fingerprint density at radius 3 is 2.27 bits per heavy atom. The summed E-state index contributed by atoms with van der Waals surface area (Å²) in [4.78, 5) is 32.1. The van der Waals surface area contributed by atoms with Crippen LogP contribution in [0.3, 0.4) is 0 Å². The van der Waals surface area contributed by atoms with Crippen LogP contribution >= 0.6 is 0 Å². The molecule has 0 aliphatic heterocycles. The van der Waals surface area contributed by atoms with Crippen molar-refractivity contribution in [1.29, 1.82) is 0 Å². The number of hydrogen-bond acceptors (Lipinski definition) is 5. The number of methoxy groups -OCH3 is 1. The fourth-order valence-electron chi connectivity index (χ4n) is 3.11. The minimum atomic E-state index is -1.10. The van der Waals surface area contributed by atoms with Gasteiger partial charge in [-0.3, -0.25) is 4.98 Å². The van der Waals surface area contributed by atoms with E-state index in [1.807, 2.05) is 0 Å². The second-order valence-electron chi connectivity index (χ2n) is 6.76. The number of aryl methyl sites for hydroxylation is 1. The largest absolute Gasteiger partial charge is 0.496 e. The van der Waals surface area contributed by atoms with E-state index in [1.54, 1.807) is 30.5 Å². The molecule has 0 radical (unpaired) electrons. The topological polar surface area (TPSA) is 110 Å². The van der Waals surface area contributed by atoms with Crippen molar-refractivity contribution in [2.24, 2.45) is 0 Å². The molecular weight excluding hydrogens is 384 g/mol. The third-order valence-electron chi connectivity index (χ3n) is 4.72.